The zero-order valence-corrected chi connectivity index (χ0v) is 17.4. The second-order valence-corrected chi connectivity index (χ2v) is 8.52. The Morgan fingerprint density at radius 2 is 1.86 bits per heavy atom. The van der Waals surface area contributed by atoms with Crippen LogP contribution in [-0.4, -0.2) is 41.0 Å². The van der Waals surface area contributed by atoms with Crippen molar-refractivity contribution in [1.29, 1.82) is 0 Å². The van der Waals surface area contributed by atoms with Crippen molar-refractivity contribution in [2.24, 2.45) is 0 Å². The Morgan fingerprint density at radius 1 is 1.17 bits per heavy atom. The number of methoxy groups -OCH3 is 1. The highest BCUT2D eigenvalue weighted by molar-refractivity contribution is 7.92. The Kier molecular flexibility index (Phi) is 6.17. The van der Waals surface area contributed by atoms with E-state index in [1.54, 1.807) is 25.3 Å². The molecule has 1 atom stereocenters. The molecule has 1 amide bonds. The molecule has 156 valence electrons. The molecule has 0 bridgehead atoms. The van der Waals surface area contributed by atoms with Crippen LogP contribution in [0.15, 0.2) is 42.5 Å². The molecule has 8 nitrogen and oxygen atoms in total. The van der Waals surface area contributed by atoms with E-state index in [1.165, 1.54) is 0 Å². The third-order valence-corrected chi connectivity index (χ3v) is 5.73. The van der Waals surface area contributed by atoms with Gasteiger partial charge in [-0.15, -0.1) is 0 Å². The summed E-state index contributed by atoms with van der Waals surface area (Å²) < 4.78 is 41.4. The maximum absolute atomic E-state index is 12.7. The minimum atomic E-state index is -3.69. The van der Waals surface area contributed by atoms with Crippen molar-refractivity contribution in [3.63, 3.8) is 0 Å². The number of benzene rings is 2. The van der Waals surface area contributed by atoms with Gasteiger partial charge in [0.2, 0.25) is 22.7 Å². The zero-order chi connectivity index (χ0) is 21.0. The molecule has 0 aromatic heterocycles. The van der Waals surface area contributed by atoms with E-state index in [0.717, 1.165) is 21.9 Å². The topological polar surface area (TPSA) is 94.2 Å². The molecule has 2 aromatic carbocycles. The van der Waals surface area contributed by atoms with Gasteiger partial charge in [0.15, 0.2) is 11.5 Å². The fraction of sp³-hybridized carbons (Fsp3) is 0.350. The van der Waals surface area contributed by atoms with Crippen LogP contribution in [0, 0.1) is 0 Å². The zero-order valence-electron chi connectivity index (χ0n) is 16.5. The monoisotopic (exact) mass is 420 g/mol. The molecule has 0 fully saturated rings. The van der Waals surface area contributed by atoms with Gasteiger partial charge in [0, 0.05) is 6.07 Å². The molecule has 1 unspecified atom stereocenters. The van der Waals surface area contributed by atoms with E-state index >= 15 is 0 Å². The number of carbonyl (C=O) groups excluding carboxylic acids is 1. The summed E-state index contributed by atoms with van der Waals surface area (Å²) >= 11 is 0. The highest BCUT2D eigenvalue weighted by Gasteiger charge is 2.25. The molecule has 1 heterocycles. The van der Waals surface area contributed by atoms with E-state index in [9.17, 15) is 13.2 Å². The number of ether oxygens (including phenoxy) is 3. The summed E-state index contributed by atoms with van der Waals surface area (Å²) in [5.74, 6) is 1.30. The van der Waals surface area contributed by atoms with Crippen LogP contribution < -0.4 is 23.8 Å². The molecule has 2 aromatic rings. The van der Waals surface area contributed by atoms with Gasteiger partial charge in [-0.3, -0.25) is 9.10 Å². The molecule has 1 aliphatic heterocycles. The van der Waals surface area contributed by atoms with Gasteiger partial charge in [-0.2, -0.15) is 0 Å². The lowest BCUT2D eigenvalue weighted by molar-refractivity contribution is -0.120. The van der Waals surface area contributed by atoms with Gasteiger partial charge in [0.05, 0.1) is 25.1 Å². The van der Waals surface area contributed by atoms with Crippen LogP contribution in [0.5, 0.6) is 17.2 Å². The molecular formula is C20H24N2O6S. The molecule has 0 radical (unpaired) electrons. The SMILES string of the molecule is CCC(NC(=O)CN(c1ccc2c(c1)OCO2)S(C)(=O)=O)c1ccc(OC)cc1. The largest absolute Gasteiger partial charge is 0.497 e. The summed E-state index contributed by atoms with van der Waals surface area (Å²) in [6.45, 7) is 1.69. The molecule has 29 heavy (non-hydrogen) atoms. The third kappa shape index (κ3) is 4.92. The first kappa shape index (κ1) is 20.8. The number of fused-ring (bicyclic) bond motifs is 1. The van der Waals surface area contributed by atoms with E-state index in [-0.39, 0.29) is 19.4 Å². The number of hydrogen-bond acceptors (Lipinski definition) is 6. The minimum Gasteiger partial charge on any atom is -0.497 e. The Bertz CT molecular complexity index is 975. The predicted molar refractivity (Wildman–Crippen MR) is 109 cm³/mol. The quantitative estimate of drug-likeness (QED) is 0.705. The summed E-state index contributed by atoms with van der Waals surface area (Å²) in [6, 6.07) is 11.9. The third-order valence-electron chi connectivity index (χ3n) is 4.59. The Hall–Kier alpha value is -2.94. The smallest absolute Gasteiger partial charge is 0.241 e. The maximum atomic E-state index is 12.7. The first-order chi connectivity index (χ1) is 13.8. The summed E-state index contributed by atoms with van der Waals surface area (Å²) in [7, 11) is -2.10. The standard InChI is InChI=1S/C20H24N2O6S/c1-4-17(14-5-8-16(26-2)9-6-14)21-20(23)12-22(29(3,24)25)15-7-10-18-19(11-15)28-13-27-18/h5-11,17H,4,12-13H2,1-3H3,(H,21,23). The normalized spacial score (nSPS) is 13.6. The summed E-state index contributed by atoms with van der Waals surface area (Å²) in [5, 5.41) is 2.90. The van der Waals surface area contributed by atoms with Gasteiger partial charge < -0.3 is 19.5 Å². The molecule has 9 heteroatoms. The number of carbonyl (C=O) groups is 1. The van der Waals surface area contributed by atoms with Gasteiger partial charge in [0.25, 0.3) is 0 Å². The lowest BCUT2D eigenvalue weighted by atomic mass is 10.0. The van der Waals surface area contributed by atoms with Crippen molar-refractivity contribution in [2.75, 3.05) is 31.0 Å². The van der Waals surface area contributed by atoms with Gasteiger partial charge in [-0.25, -0.2) is 8.42 Å². The number of sulfonamides is 1. The van der Waals surface area contributed by atoms with E-state index in [1.807, 2.05) is 31.2 Å². The van der Waals surface area contributed by atoms with E-state index in [2.05, 4.69) is 5.32 Å². The number of nitrogens with one attached hydrogen (secondary N) is 1. The number of nitrogens with zero attached hydrogens (tertiary/aromatic N) is 1. The van der Waals surface area contributed by atoms with Crippen LogP contribution in [0.2, 0.25) is 0 Å². The fourth-order valence-electron chi connectivity index (χ4n) is 3.07. The highest BCUT2D eigenvalue weighted by atomic mass is 32.2. The second-order valence-electron chi connectivity index (χ2n) is 6.61. The average Bonchev–Trinajstić information content (AvgIpc) is 3.17. The van der Waals surface area contributed by atoms with Crippen LogP contribution in [0.1, 0.15) is 24.9 Å². The molecule has 3 rings (SSSR count). The van der Waals surface area contributed by atoms with Crippen LogP contribution in [-0.2, 0) is 14.8 Å². The van der Waals surface area contributed by atoms with Crippen LogP contribution >= 0.6 is 0 Å². The summed E-state index contributed by atoms with van der Waals surface area (Å²) in [6.07, 6.45) is 1.71. The Morgan fingerprint density at radius 3 is 2.48 bits per heavy atom. The molecule has 1 aliphatic rings. The van der Waals surface area contributed by atoms with Crippen LogP contribution in [0.25, 0.3) is 0 Å². The lowest BCUT2D eigenvalue weighted by Gasteiger charge is -2.24. The number of rotatable bonds is 8. The van der Waals surface area contributed by atoms with Gasteiger partial charge in [0.1, 0.15) is 12.3 Å². The van der Waals surface area contributed by atoms with Crippen molar-refractivity contribution >= 4 is 21.6 Å². The fourth-order valence-corrected chi connectivity index (χ4v) is 3.92. The second kappa shape index (κ2) is 8.60. The van der Waals surface area contributed by atoms with Crippen molar-refractivity contribution in [2.45, 2.75) is 19.4 Å². The van der Waals surface area contributed by atoms with Crippen molar-refractivity contribution in [1.82, 2.24) is 5.32 Å². The van der Waals surface area contributed by atoms with Crippen molar-refractivity contribution in [3.8, 4) is 17.2 Å². The van der Waals surface area contributed by atoms with Crippen LogP contribution in [0.4, 0.5) is 5.69 Å². The van der Waals surface area contributed by atoms with E-state index in [0.29, 0.717) is 23.6 Å². The van der Waals surface area contributed by atoms with Gasteiger partial charge in [-0.05, 0) is 36.2 Å². The Labute approximate surface area is 170 Å². The van der Waals surface area contributed by atoms with E-state index in [4.69, 9.17) is 14.2 Å². The maximum Gasteiger partial charge on any atom is 0.241 e. The molecule has 0 spiro atoms. The van der Waals surface area contributed by atoms with E-state index < -0.39 is 15.9 Å². The molecule has 0 saturated heterocycles. The van der Waals surface area contributed by atoms with Crippen molar-refractivity contribution < 1.29 is 27.4 Å². The molecular weight excluding hydrogens is 396 g/mol. The number of hydrogen-bond donors (Lipinski definition) is 1. The van der Waals surface area contributed by atoms with Crippen molar-refractivity contribution in [3.05, 3.63) is 48.0 Å². The van der Waals surface area contributed by atoms with Gasteiger partial charge >= 0.3 is 0 Å². The highest BCUT2D eigenvalue weighted by Crippen LogP contribution is 2.36. The minimum absolute atomic E-state index is 0.0815. The lowest BCUT2D eigenvalue weighted by Crippen LogP contribution is -2.41. The molecule has 0 aliphatic carbocycles. The Balaban J connectivity index is 1.76. The molecule has 0 saturated carbocycles. The molecule has 1 N–H and O–H groups in total. The summed E-state index contributed by atoms with van der Waals surface area (Å²) in [5.41, 5.74) is 1.25. The summed E-state index contributed by atoms with van der Waals surface area (Å²) in [4.78, 5) is 12.7. The number of anilines is 1. The first-order valence-electron chi connectivity index (χ1n) is 9.12. The average molecular weight is 420 g/mol. The van der Waals surface area contributed by atoms with Gasteiger partial charge in [-0.1, -0.05) is 19.1 Å². The predicted octanol–water partition coefficient (Wildman–Crippen LogP) is 2.46. The number of amides is 1. The van der Waals surface area contributed by atoms with Crippen LogP contribution in [0.3, 0.4) is 0 Å². The first-order valence-corrected chi connectivity index (χ1v) is 11.0.